The minimum absolute atomic E-state index is 0.233. The van der Waals surface area contributed by atoms with Gasteiger partial charge in [-0.05, 0) is 84.5 Å². The van der Waals surface area contributed by atoms with Gasteiger partial charge in [-0.2, -0.15) is 0 Å². The molecule has 1 saturated carbocycles. The highest BCUT2D eigenvalue weighted by molar-refractivity contribution is 5.21. The number of aliphatic hydroxyl groups excluding tert-OH is 1. The second-order valence-corrected chi connectivity index (χ2v) is 9.66. The predicted octanol–water partition coefficient (Wildman–Crippen LogP) is 3.75. The van der Waals surface area contributed by atoms with Crippen molar-refractivity contribution >= 4 is 0 Å². The molecule has 0 bridgehead atoms. The third kappa shape index (κ3) is 7.62. The summed E-state index contributed by atoms with van der Waals surface area (Å²) in [7, 11) is 4.25. The highest BCUT2D eigenvalue weighted by atomic mass is 16.3. The van der Waals surface area contributed by atoms with E-state index in [0.717, 1.165) is 51.7 Å². The molecule has 0 heterocycles. The van der Waals surface area contributed by atoms with E-state index in [9.17, 15) is 10.2 Å². The van der Waals surface area contributed by atoms with Crippen molar-refractivity contribution in [3.8, 4) is 0 Å². The van der Waals surface area contributed by atoms with Crippen LogP contribution >= 0.6 is 0 Å². The van der Waals surface area contributed by atoms with E-state index in [-0.39, 0.29) is 12.0 Å². The zero-order valence-corrected chi connectivity index (χ0v) is 18.7. The molecule has 1 fully saturated rings. The molecule has 0 unspecified atom stereocenters. The maximum Gasteiger partial charge on any atom is 0.0654 e. The average Bonchev–Trinajstić information content (AvgIpc) is 3.13. The molecule has 162 valence electrons. The number of unbranched alkanes of at least 4 members (excludes halogenated alkanes) is 2. The Morgan fingerprint density at radius 2 is 2.07 bits per heavy atom. The molecule has 0 amide bonds. The van der Waals surface area contributed by atoms with Crippen LogP contribution in [-0.4, -0.2) is 60.5 Å². The first-order valence-electron chi connectivity index (χ1n) is 11.4. The third-order valence-electron chi connectivity index (χ3n) is 6.50. The van der Waals surface area contributed by atoms with Crippen molar-refractivity contribution in [3.63, 3.8) is 0 Å². The van der Waals surface area contributed by atoms with E-state index in [4.69, 9.17) is 0 Å². The van der Waals surface area contributed by atoms with Crippen LogP contribution in [0.4, 0.5) is 0 Å². The minimum atomic E-state index is -0.620. The summed E-state index contributed by atoms with van der Waals surface area (Å²) in [5.41, 5.74) is 0.897. The van der Waals surface area contributed by atoms with E-state index in [1.165, 1.54) is 18.4 Å². The molecule has 2 aliphatic rings. The van der Waals surface area contributed by atoms with Gasteiger partial charge in [0.1, 0.15) is 0 Å². The summed E-state index contributed by atoms with van der Waals surface area (Å²) in [4.78, 5) is 2.24. The predicted molar refractivity (Wildman–Crippen MR) is 118 cm³/mol. The smallest absolute Gasteiger partial charge is 0.0654 e. The lowest BCUT2D eigenvalue weighted by atomic mass is 9.88. The first-order valence-corrected chi connectivity index (χ1v) is 11.4. The Labute approximate surface area is 173 Å². The average molecular weight is 393 g/mol. The Hall–Kier alpha value is -0.680. The summed E-state index contributed by atoms with van der Waals surface area (Å²) >= 11 is 0. The molecule has 0 aromatic rings. The van der Waals surface area contributed by atoms with Gasteiger partial charge in [0.2, 0.25) is 0 Å². The van der Waals surface area contributed by atoms with Crippen molar-refractivity contribution in [3.05, 3.63) is 23.8 Å². The van der Waals surface area contributed by atoms with Crippen molar-refractivity contribution < 1.29 is 10.2 Å². The largest absolute Gasteiger partial charge is 0.392 e. The van der Waals surface area contributed by atoms with E-state index >= 15 is 0 Å². The first-order chi connectivity index (χ1) is 13.3. The number of nitrogens with zero attached hydrogens (tertiary/aromatic N) is 1. The number of allylic oxidation sites excluding steroid dienone is 1. The van der Waals surface area contributed by atoms with Gasteiger partial charge in [0.05, 0.1) is 11.7 Å². The molecule has 0 aromatic carbocycles. The summed E-state index contributed by atoms with van der Waals surface area (Å²) in [6.45, 7) is 7.32. The molecule has 5 atom stereocenters. The van der Waals surface area contributed by atoms with Crippen molar-refractivity contribution in [2.45, 2.75) is 76.9 Å². The standard InChI is InChI=1S/C24H44N2O2/c1-5-6-11-24(2,28)12-9-10-21-22-16-19(15-20(22)17-23(21)27)18-25-13-7-8-14-26(3)4/h9-10,15,20-23,25,27-28H,5-8,11-14,16-18H2,1-4H3/b10-9+/t20-,21+,22-,23+,24-/m0/s1. The van der Waals surface area contributed by atoms with E-state index in [1.807, 2.05) is 6.92 Å². The normalized spacial score (nSPS) is 29.5. The molecule has 2 rings (SSSR count). The van der Waals surface area contributed by atoms with Gasteiger partial charge in [-0.25, -0.2) is 0 Å². The van der Waals surface area contributed by atoms with E-state index in [2.05, 4.69) is 49.5 Å². The summed E-state index contributed by atoms with van der Waals surface area (Å²) in [6, 6.07) is 0. The first kappa shape index (κ1) is 23.6. The van der Waals surface area contributed by atoms with Crippen LogP contribution in [0.15, 0.2) is 23.8 Å². The summed E-state index contributed by atoms with van der Waals surface area (Å²) < 4.78 is 0. The molecule has 0 spiro atoms. The van der Waals surface area contributed by atoms with Crippen LogP contribution in [0.25, 0.3) is 0 Å². The molecule has 28 heavy (non-hydrogen) atoms. The van der Waals surface area contributed by atoms with Gasteiger partial charge in [-0.3, -0.25) is 0 Å². The van der Waals surface area contributed by atoms with Gasteiger partial charge >= 0.3 is 0 Å². The highest BCUT2D eigenvalue weighted by Gasteiger charge is 2.43. The minimum Gasteiger partial charge on any atom is -0.392 e. The topological polar surface area (TPSA) is 55.7 Å². The number of hydrogen-bond acceptors (Lipinski definition) is 4. The lowest BCUT2D eigenvalue weighted by Gasteiger charge is -2.22. The number of nitrogens with one attached hydrogen (secondary N) is 1. The van der Waals surface area contributed by atoms with E-state index in [1.54, 1.807) is 0 Å². The molecule has 0 aliphatic heterocycles. The molecule has 4 nitrogen and oxygen atoms in total. The quantitative estimate of drug-likeness (QED) is 0.330. The van der Waals surface area contributed by atoms with Crippen LogP contribution in [0, 0.1) is 17.8 Å². The molecular weight excluding hydrogens is 348 g/mol. The van der Waals surface area contributed by atoms with Gasteiger partial charge in [-0.15, -0.1) is 0 Å². The lowest BCUT2D eigenvalue weighted by Crippen LogP contribution is -2.23. The zero-order valence-electron chi connectivity index (χ0n) is 18.7. The maximum absolute atomic E-state index is 10.5. The van der Waals surface area contributed by atoms with E-state index < -0.39 is 5.60 Å². The Balaban J connectivity index is 1.73. The van der Waals surface area contributed by atoms with Gasteiger partial charge in [0.25, 0.3) is 0 Å². The van der Waals surface area contributed by atoms with Crippen LogP contribution in [0.5, 0.6) is 0 Å². The molecular formula is C24H44N2O2. The summed E-state index contributed by atoms with van der Waals surface area (Å²) in [5, 5.41) is 24.6. The van der Waals surface area contributed by atoms with E-state index in [0.29, 0.717) is 18.3 Å². The van der Waals surface area contributed by atoms with Crippen LogP contribution in [0.2, 0.25) is 0 Å². The van der Waals surface area contributed by atoms with Crippen LogP contribution in [-0.2, 0) is 0 Å². The van der Waals surface area contributed by atoms with Gasteiger partial charge in [-0.1, -0.05) is 43.6 Å². The van der Waals surface area contributed by atoms with Crippen LogP contribution < -0.4 is 5.32 Å². The fourth-order valence-corrected chi connectivity index (χ4v) is 4.80. The second-order valence-electron chi connectivity index (χ2n) is 9.66. The Bertz CT molecular complexity index is 513. The fourth-order valence-electron chi connectivity index (χ4n) is 4.80. The monoisotopic (exact) mass is 392 g/mol. The fraction of sp³-hybridized carbons (Fsp3) is 0.833. The Kier molecular flexibility index (Phi) is 9.68. The molecule has 0 radical (unpaired) electrons. The Morgan fingerprint density at radius 3 is 2.79 bits per heavy atom. The van der Waals surface area contributed by atoms with Gasteiger partial charge < -0.3 is 20.4 Å². The van der Waals surface area contributed by atoms with Crippen molar-refractivity contribution in [1.29, 1.82) is 0 Å². The van der Waals surface area contributed by atoms with Crippen LogP contribution in [0.1, 0.15) is 65.2 Å². The van der Waals surface area contributed by atoms with Crippen molar-refractivity contribution in [1.82, 2.24) is 10.2 Å². The molecule has 0 aromatic heterocycles. The molecule has 3 N–H and O–H groups in total. The lowest BCUT2D eigenvalue weighted by molar-refractivity contribution is 0.0513. The number of aliphatic hydroxyl groups is 2. The third-order valence-corrected chi connectivity index (χ3v) is 6.50. The summed E-state index contributed by atoms with van der Waals surface area (Å²) in [6.07, 6.45) is 14.7. The highest BCUT2D eigenvalue weighted by Crippen LogP contribution is 2.47. The zero-order chi connectivity index (χ0) is 20.6. The maximum atomic E-state index is 10.5. The van der Waals surface area contributed by atoms with Gasteiger partial charge in [0.15, 0.2) is 0 Å². The summed E-state index contributed by atoms with van der Waals surface area (Å²) in [5.74, 6) is 1.30. The second kappa shape index (κ2) is 11.5. The SMILES string of the molecule is CCCC[C@](C)(O)C/C=C/[C@@H]1[C@H]2CC(CNCCCCN(C)C)=C[C@H]2C[C@H]1O. The van der Waals surface area contributed by atoms with Crippen LogP contribution in [0.3, 0.4) is 0 Å². The number of fused-ring (bicyclic) bond motifs is 1. The van der Waals surface area contributed by atoms with Crippen molar-refractivity contribution in [2.75, 3.05) is 33.7 Å². The van der Waals surface area contributed by atoms with Crippen molar-refractivity contribution in [2.24, 2.45) is 17.8 Å². The molecule has 4 heteroatoms. The molecule has 2 aliphatic carbocycles. The van der Waals surface area contributed by atoms with Gasteiger partial charge in [0, 0.05) is 12.5 Å². The molecule has 0 saturated heterocycles. The number of hydrogen-bond donors (Lipinski definition) is 3. The number of rotatable bonds is 13. The Morgan fingerprint density at radius 1 is 1.29 bits per heavy atom.